The molecule has 0 aliphatic rings. The van der Waals surface area contributed by atoms with Gasteiger partial charge in [-0.05, 0) is 46.3 Å². The molecule has 0 atom stereocenters. The van der Waals surface area contributed by atoms with Crippen molar-refractivity contribution in [2.45, 2.75) is 52.2 Å². The van der Waals surface area contributed by atoms with Crippen LogP contribution in [0, 0.1) is 0 Å². The van der Waals surface area contributed by atoms with E-state index >= 15 is 0 Å². The van der Waals surface area contributed by atoms with E-state index in [0.29, 0.717) is 5.16 Å². The minimum Gasteiger partial charge on any atom is -0.298 e. The molecule has 1 nitrogen and oxygen atoms in total. The van der Waals surface area contributed by atoms with Gasteiger partial charge in [0.2, 0.25) is 0 Å². The third-order valence-corrected chi connectivity index (χ3v) is 6.57. The normalized spacial score (nSPS) is 14.7. The molecular formula is C10H24NP. The van der Waals surface area contributed by atoms with Crippen LogP contribution in [0.25, 0.3) is 0 Å². The number of hydrogen-bond acceptors (Lipinski definition) is 1. The SMILES string of the molecule is CC(C)(C)N=P(C)(C)C(C)(C)C. The molecule has 0 unspecified atom stereocenters. The molecule has 0 saturated carbocycles. The van der Waals surface area contributed by atoms with E-state index in [1.165, 1.54) is 0 Å². The van der Waals surface area contributed by atoms with Gasteiger partial charge in [0.15, 0.2) is 0 Å². The van der Waals surface area contributed by atoms with Gasteiger partial charge in [0.05, 0.1) is 5.54 Å². The van der Waals surface area contributed by atoms with Gasteiger partial charge in [0, 0.05) is 0 Å². The summed E-state index contributed by atoms with van der Waals surface area (Å²) in [6.07, 6.45) is 0. The Morgan fingerprint density at radius 3 is 1.25 bits per heavy atom. The van der Waals surface area contributed by atoms with Crippen LogP contribution < -0.4 is 0 Å². The number of nitrogens with zero attached hydrogens (tertiary/aromatic N) is 1. The molecule has 0 bridgehead atoms. The van der Waals surface area contributed by atoms with Crippen molar-refractivity contribution in [1.82, 2.24) is 0 Å². The maximum absolute atomic E-state index is 4.92. The van der Waals surface area contributed by atoms with Crippen molar-refractivity contribution < 1.29 is 0 Å². The van der Waals surface area contributed by atoms with Crippen molar-refractivity contribution in [3.8, 4) is 0 Å². The van der Waals surface area contributed by atoms with Crippen LogP contribution in [0.3, 0.4) is 0 Å². The van der Waals surface area contributed by atoms with Gasteiger partial charge in [-0.15, -0.1) is 0 Å². The Bertz CT molecular complexity index is 197. The Labute approximate surface area is 78.0 Å². The van der Waals surface area contributed by atoms with E-state index in [9.17, 15) is 0 Å². The largest absolute Gasteiger partial charge is 0.298 e. The van der Waals surface area contributed by atoms with Crippen molar-refractivity contribution in [2.75, 3.05) is 13.3 Å². The minimum atomic E-state index is -1.12. The fourth-order valence-electron chi connectivity index (χ4n) is 0.900. The standard InChI is InChI=1S/C10H24NP/c1-9(2,3)11-12(7,8)10(4,5)6/h1-8H3. The molecule has 0 rings (SSSR count). The van der Waals surface area contributed by atoms with E-state index in [1.807, 2.05) is 0 Å². The van der Waals surface area contributed by atoms with E-state index in [1.54, 1.807) is 0 Å². The van der Waals surface area contributed by atoms with E-state index in [4.69, 9.17) is 4.74 Å². The Morgan fingerprint density at radius 2 is 1.17 bits per heavy atom. The molecule has 0 aliphatic heterocycles. The second-order valence-electron chi connectivity index (χ2n) is 5.84. The summed E-state index contributed by atoms with van der Waals surface area (Å²) in [5.41, 5.74) is 0.116. The molecule has 0 aliphatic carbocycles. The van der Waals surface area contributed by atoms with Gasteiger partial charge >= 0.3 is 0 Å². The van der Waals surface area contributed by atoms with Crippen LogP contribution in [0.5, 0.6) is 0 Å². The first kappa shape index (κ1) is 12.2. The van der Waals surface area contributed by atoms with Crippen LogP contribution in [0.4, 0.5) is 0 Å². The Morgan fingerprint density at radius 1 is 0.833 bits per heavy atom. The zero-order valence-electron chi connectivity index (χ0n) is 9.89. The molecule has 0 N–H and O–H groups in total. The highest BCUT2D eigenvalue weighted by atomic mass is 31.2. The third kappa shape index (κ3) is 3.76. The molecule has 0 saturated heterocycles. The summed E-state index contributed by atoms with van der Waals surface area (Å²) >= 11 is 0. The summed E-state index contributed by atoms with van der Waals surface area (Å²) in [7, 11) is -1.12. The zero-order valence-corrected chi connectivity index (χ0v) is 10.8. The lowest BCUT2D eigenvalue weighted by molar-refractivity contribution is 0.585. The monoisotopic (exact) mass is 189 g/mol. The molecule has 12 heavy (non-hydrogen) atoms. The Balaban J connectivity index is 4.99. The molecular weight excluding hydrogens is 165 g/mol. The molecule has 0 radical (unpaired) electrons. The second kappa shape index (κ2) is 3.18. The summed E-state index contributed by atoms with van der Waals surface area (Å²) in [4.78, 5) is 0. The van der Waals surface area contributed by atoms with Crippen LogP contribution in [-0.2, 0) is 0 Å². The van der Waals surface area contributed by atoms with Crippen molar-refractivity contribution in [3.05, 3.63) is 0 Å². The highest BCUT2D eigenvalue weighted by Gasteiger charge is 2.26. The zero-order chi connectivity index (χ0) is 10.2. The predicted octanol–water partition coefficient (Wildman–Crippen LogP) is 4.04. The van der Waals surface area contributed by atoms with E-state index in [-0.39, 0.29) is 5.54 Å². The van der Waals surface area contributed by atoms with Crippen molar-refractivity contribution >= 4 is 7.05 Å². The van der Waals surface area contributed by atoms with Gasteiger partial charge in [-0.3, -0.25) is 4.74 Å². The highest BCUT2D eigenvalue weighted by molar-refractivity contribution is 7.66. The predicted molar refractivity (Wildman–Crippen MR) is 60.7 cm³/mol. The summed E-state index contributed by atoms with van der Waals surface area (Å²) in [5, 5.41) is 0.348. The van der Waals surface area contributed by atoms with Gasteiger partial charge < -0.3 is 0 Å². The fraction of sp³-hybridized carbons (Fsp3) is 1.00. The molecule has 0 spiro atoms. The quantitative estimate of drug-likeness (QED) is 0.510. The summed E-state index contributed by atoms with van der Waals surface area (Å²) in [6, 6.07) is 0. The molecule has 0 amide bonds. The summed E-state index contributed by atoms with van der Waals surface area (Å²) in [6.45, 7) is 18.0. The third-order valence-electron chi connectivity index (χ3n) is 2.19. The van der Waals surface area contributed by atoms with Gasteiger partial charge in [-0.1, -0.05) is 20.8 Å². The van der Waals surface area contributed by atoms with E-state index in [2.05, 4.69) is 54.9 Å². The smallest absolute Gasteiger partial charge is 0.0509 e. The summed E-state index contributed by atoms with van der Waals surface area (Å²) < 4.78 is 4.92. The number of rotatable bonds is 0. The van der Waals surface area contributed by atoms with Crippen molar-refractivity contribution in [1.29, 1.82) is 0 Å². The van der Waals surface area contributed by atoms with Crippen molar-refractivity contribution in [3.63, 3.8) is 0 Å². The maximum atomic E-state index is 4.92. The van der Waals surface area contributed by atoms with Gasteiger partial charge in [-0.25, -0.2) is 0 Å². The molecule has 0 aromatic heterocycles. The van der Waals surface area contributed by atoms with Crippen LogP contribution in [0.2, 0.25) is 0 Å². The lowest BCUT2D eigenvalue weighted by Crippen LogP contribution is -2.18. The molecule has 0 aromatic carbocycles. The maximum Gasteiger partial charge on any atom is 0.0509 e. The van der Waals surface area contributed by atoms with Gasteiger partial charge in [0.25, 0.3) is 0 Å². The fourth-order valence-corrected chi connectivity index (χ4v) is 2.70. The first-order valence-electron chi connectivity index (χ1n) is 4.54. The lowest BCUT2D eigenvalue weighted by atomic mass is 10.1. The second-order valence-corrected chi connectivity index (χ2v) is 10.2. The highest BCUT2D eigenvalue weighted by Crippen LogP contribution is 2.55. The van der Waals surface area contributed by atoms with Gasteiger partial charge in [-0.2, -0.15) is 0 Å². The van der Waals surface area contributed by atoms with Crippen LogP contribution in [0.15, 0.2) is 4.74 Å². The first-order chi connectivity index (χ1) is 4.96. The first-order valence-corrected chi connectivity index (χ1v) is 7.18. The minimum absolute atomic E-state index is 0.116. The topological polar surface area (TPSA) is 12.4 Å². The van der Waals surface area contributed by atoms with E-state index in [0.717, 1.165) is 0 Å². The summed E-state index contributed by atoms with van der Waals surface area (Å²) in [5.74, 6) is 0. The molecule has 0 aromatic rings. The molecule has 0 heterocycles. The number of hydrogen-bond donors (Lipinski definition) is 0. The van der Waals surface area contributed by atoms with Crippen LogP contribution in [-0.4, -0.2) is 24.0 Å². The Hall–Kier alpha value is 0.230. The van der Waals surface area contributed by atoms with Crippen molar-refractivity contribution in [2.24, 2.45) is 4.74 Å². The van der Waals surface area contributed by atoms with E-state index < -0.39 is 7.05 Å². The lowest BCUT2D eigenvalue weighted by Gasteiger charge is -2.33. The van der Waals surface area contributed by atoms with Gasteiger partial charge in [0.1, 0.15) is 0 Å². The molecule has 0 fully saturated rings. The van der Waals surface area contributed by atoms with Crippen LogP contribution >= 0.6 is 7.05 Å². The van der Waals surface area contributed by atoms with Crippen LogP contribution in [0.1, 0.15) is 41.5 Å². The average Bonchev–Trinajstić information content (AvgIpc) is 1.52. The molecule has 74 valence electrons. The average molecular weight is 189 g/mol. The Kier molecular flexibility index (Phi) is 3.24. The molecule has 2 heteroatoms.